The van der Waals surface area contributed by atoms with Gasteiger partial charge in [-0.1, -0.05) is 66.7 Å². The first-order valence-electron chi connectivity index (χ1n) is 10.1. The Morgan fingerprint density at radius 2 is 1.66 bits per heavy atom. The molecule has 4 heteroatoms. The smallest absolute Gasteiger partial charge is 0.410 e. The molecular formula is C25H23NO3. The van der Waals surface area contributed by atoms with Crippen LogP contribution in [0.1, 0.15) is 33.7 Å². The Kier molecular flexibility index (Phi) is 4.57. The highest BCUT2D eigenvalue weighted by atomic mass is 16.6. The van der Waals surface area contributed by atoms with Gasteiger partial charge in [-0.05, 0) is 45.4 Å². The lowest BCUT2D eigenvalue weighted by molar-refractivity contribution is 0.0953. The quantitative estimate of drug-likeness (QED) is 0.723. The predicted molar refractivity (Wildman–Crippen MR) is 112 cm³/mol. The van der Waals surface area contributed by atoms with Crippen molar-refractivity contribution < 1.29 is 14.6 Å². The average molecular weight is 385 g/mol. The van der Waals surface area contributed by atoms with Crippen LogP contribution in [0.4, 0.5) is 4.79 Å². The number of hydrogen-bond donors (Lipinski definition) is 1. The minimum Gasteiger partial charge on any atom is -0.448 e. The Labute approximate surface area is 170 Å². The Hall–Kier alpha value is -3.11. The van der Waals surface area contributed by atoms with Crippen LogP contribution in [0, 0.1) is 0 Å². The maximum absolute atomic E-state index is 12.8. The van der Waals surface area contributed by atoms with Crippen molar-refractivity contribution in [3.8, 4) is 11.1 Å². The minimum atomic E-state index is -0.260. The molecule has 1 amide bonds. The van der Waals surface area contributed by atoms with E-state index in [4.69, 9.17) is 4.74 Å². The molecule has 29 heavy (non-hydrogen) atoms. The van der Waals surface area contributed by atoms with Crippen LogP contribution in [0.15, 0.2) is 66.7 Å². The summed E-state index contributed by atoms with van der Waals surface area (Å²) in [5.41, 5.74) is 8.16. The number of aliphatic hydroxyl groups is 1. The largest absolute Gasteiger partial charge is 0.448 e. The van der Waals surface area contributed by atoms with E-state index < -0.39 is 0 Å². The van der Waals surface area contributed by atoms with Crippen molar-refractivity contribution in [1.82, 2.24) is 4.90 Å². The maximum atomic E-state index is 12.8. The van der Waals surface area contributed by atoms with E-state index in [1.54, 1.807) is 4.90 Å². The fourth-order valence-electron chi connectivity index (χ4n) is 4.55. The molecule has 0 spiro atoms. The fourth-order valence-corrected chi connectivity index (χ4v) is 4.55. The number of carbonyl (C=O) groups is 1. The Balaban J connectivity index is 1.30. The van der Waals surface area contributed by atoms with Crippen molar-refractivity contribution in [2.75, 3.05) is 13.2 Å². The molecule has 2 aliphatic rings. The highest BCUT2D eigenvalue weighted by Crippen LogP contribution is 2.44. The minimum absolute atomic E-state index is 0.0450. The lowest BCUT2D eigenvalue weighted by Gasteiger charge is -2.29. The van der Waals surface area contributed by atoms with Crippen LogP contribution in [-0.4, -0.2) is 29.3 Å². The number of fused-ring (bicyclic) bond motifs is 4. The van der Waals surface area contributed by atoms with Crippen molar-refractivity contribution in [2.45, 2.75) is 25.5 Å². The summed E-state index contributed by atoms with van der Waals surface area (Å²) >= 11 is 0. The Morgan fingerprint density at radius 1 is 0.966 bits per heavy atom. The number of carbonyl (C=O) groups excluding carboxylic acids is 1. The summed E-state index contributed by atoms with van der Waals surface area (Å²) in [6.07, 6.45) is 0.525. The van der Waals surface area contributed by atoms with Gasteiger partial charge in [0.2, 0.25) is 0 Å². The molecule has 0 atom stereocenters. The van der Waals surface area contributed by atoms with Gasteiger partial charge in [-0.2, -0.15) is 0 Å². The summed E-state index contributed by atoms with van der Waals surface area (Å²) in [5, 5.41) is 9.31. The van der Waals surface area contributed by atoms with Gasteiger partial charge in [0.25, 0.3) is 0 Å². The molecule has 0 radical (unpaired) electrons. The van der Waals surface area contributed by atoms with Gasteiger partial charge >= 0.3 is 6.09 Å². The lowest BCUT2D eigenvalue weighted by atomic mass is 9.97. The first kappa shape index (κ1) is 18.0. The van der Waals surface area contributed by atoms with Gasteiger partial charge in [0.05, 0.1) is 6.61 Å². The van der Waals surface area contributed by atoms with Crippen LogP contribution in [0.5, 0.6) is 0 Å². The molecule has 0 fully saturated rings. The molecule has 3 aromatic carbocycles. The lowest BCUT2D eigenvalue weighted by Crippen LogP contribution is -2.37. The van der Waals surface area contributed by atoms with Crippen LogP contribution in [0.2, 0.25) is 0 Å². The second kappa shape index (κ2) is 7.37. The van der Waals surface area contributed by atoms with Crippen molar-refractivity contribution in [3.05, 3.63) is 94.5 Å². The summed E-state index contributed by atoms with van der Waals surface area (Å²) in [4.78, 5) is 14.5. The van der Waals surface area contributed by atoms with Crippen LogP contribution < -0.4 is 0 Å². The van der Waals surface area contributed by atoms with Crippen molar-refractivity contribution in [3.63, 3.8) is 0 Å². The molecular weight excluding hydrogens is 362 g/mol. The van der Waals surface area contributed by atoms with Gasteiger partial charge in [0.1, 0.15) is 6.61 Å². The number of hydrogen-bond acceptors (Lipinski definition) is 3. The number of nitrogens with zero attached hydrogens (tertiary/aromatic N) is 1. The van der Waals surface area contributed by atoms with Gasteiger partial charge in [-0.25, -0.2) is 4.79 Å². The van der Waals surface area contributed by atoms with E-state index in [0.717, 1.165) is 17.5 Å². The van der Waals surface area contributed by atoms with E-state index in [2.05, 4.69) is 36.4 Å². The SMILES string of the molecule is O=C(OCC1c2ccccc2-c2ccccc21)N1CCc2cc(CO)ccc2C1. The molecule has 1 N–H and O–H groups in total. The number of amides is 1. The van der Waals surface area contributed by atoms with E-state index in [-0.39, 0.29) is 18.6 Å². The van der Waals surface area contributed by atoms with Crippen LogP contribution >= 0.6 is 0 Å². The van der Waals surface area contributed by atoms with E-state index >= 15 is 0 Å². The maximum Gasteiger partial charge on any atom is 0.410 e. The summed E-state index contributed by atoms with van der Waals surface area (Å²) in [7, 11) is 0. The molecule has 1 aliphatic heterocycles. The Morgan fingerprint density at radius 3 is 2.34 bits per heavy atom. The van der Waals surface area contributed by atoms with Crippen molar-refractivity contribution in [1.29, 1.82) is 0 Å². The highest BCUT2D eigenvalue weighted by molar-refractivity contribution is 5.79. The number of ether oxygens (including phenoxy) is 1. The third-order valence-corrected chi connectivity index (χ3v) is 6.06. The van der Waals surface area contributed by atoms with E-state index in [0.29, 0.717) is 19.7 Å². The third-order valence-electron chi connectivity index (χ3n) is 6.06. The normalized spacial score (nSPS) is 14.9. The first-order chi connectivity index (χ1) is 14.2. The summed E-state index contributed by atoms with van der Waals surface area (Å²) < 4.78 is 5.79. The topological polar surface area (TPSA) is 49.8 Å². The molecule has 146 valence electrons. The standard InChI is InChI=1S/C25H23NO3/c27-15-17-9-10-19-14-26(12-11-18(19)13-17)25(28)29-16-24-22-7-3-1-5-20(22)21-6-2-4-8-23(21)24/h1-10,13,24,27H,11-12,14-16H2. The van der Waals surface area contributed by atoms with Crippen LogP contribution in [0.3, 0.4) is 0 Å². The molecule has 0 bridgehead atoms. The molecule has 1 heterocycles. The third kappa shape index (κ3) is 3.19. The molecule has 4 nitrogen and oxygen atoms in total. The van der Waals surface area contributed by atoms with E-state index in [1.807, 2.05) is 30.3 Å². The second-order valence-corrected chi connectivity index (χ2v) is 7.74. The number of aliphatic hydroxyl groups excluding tert-OH is 1. The van der Waals surface area contributed by atoms with Gasteiger partial charge in [-0.15, -0.1) is 0 Å². The second-order valence-electron chi connectivity index (χ2n) is 7.74. The van der Waals surface area contributed by atoms with Crippen LogP contribution in [-0.2, 0) is 24.3 Å². The molecule has 5 rings (SSSR count). The molecule has 0 saturated carbocycles. The average Bonchev–Trinajstić information content (AvgIpc) is 3.10. The van der Waals surface area contributed by atoms with Gasteiger partial charge in [-0.3, -0.25) is 0 Å². The van der Waals surface area contributed by atoms with Gasteiger partial charge < -0.3 is 14.7 Å². The zero-order chi connectivity index (χ0) is 19.8. The summed E-state index contributed by atoms with van der Waals surface area (Å²) in [6.45, 7) is 1.58. The van der Waals surface area contributed by atoms with E-state index in [1.165, 1.54) is 27.8 Å². The first-order valence-corrected chi connectivity index (χ1v) is 10.1. The molecule has 1 aliphatic carbocycles. The highest BCUT2D eigenvalue weighted by Gasteiger charge is 2.30. The fraction of sp³-hybridized carbons (Fsp3) is 0.240. The predicted octanol–water partition coefficient (Wildman–Crippen LogP) is 4.49. The van der Waals surface area contributed by atoms with Crippen LogP contribution in [0.25, 0.3) is 11.1 Å². The van der Waals surface area contributed by atoms with Gasteiger partial charge in [0, 0.05) is 19.0 Å². The van der Waals surface area contributed by atoms with E-state index in [9.17, 15) is 9.90 Å². The number of rotatable bonds is 3. The van der Waals surface area contributed by atoms with Crippen molar-refractivity contribution >= 4 is 6.09 Å². The zero-order valence-electron chi connectivity index (χ0n) is 16.2. The number of benzene rings is 3. The molecule has 3 aromatic rings. The molecule has 0 saturated heterocycles. The van der Waals surface area contributed by atoms with Gasteiger partial charge in [0.15, 0.2) is 0 Å². The van der Waals surface area contributed by atoms with Crippen molar-refractivity contribution in [2.24, 2.45) is 0 Å². The molecule has 0 aromatic heterocycles. The molecule has 0 unspecified atom stereocenters. The summed E-state index contributed by atoms with van der Waals surface area (Å²) in [6, 6.07) is 22.7. The Bertz CT molecular complexity index is 1030. The zero-order valence-corrected chi connectivity index (χ0v) is 16.2. The monoisotopic (exact) mass is 385 g/mol. The summed E-state index contributed by atoms with van der Waals surface area (Å²) in [5.74, 6) is 0.0792.